The van der Waals surface area contributed by atoms with Gasteiger partial charge in [-0.25, -0.2) is 0 Å². The third-order valence-corrected chi connectivity index (χ3v) is 7.10. The molecule has 0 atom stereocenters. The van der Waals surface area contributed by atoms with Crippen molar-refractivity contribution in [3.8, 4) is 0 Å². The number of nitrogens with zero attached hydrogens (tertiary/aromatic N) is 2. The molecular weight excluding hydrogens is 358 g/mol. The second kappa shape index (κ2) is 9.55. The van der Waals surface area contributed by atoms with Gasteiger partial charge >= 0.3 is 0 Å². The minimum Gasteiger partial charge on any atom is -0.369 e. The summed E-state index contributed by atoms with van der Waals surface area (Å²) in [5, 5.41) is 9.39. The van der Waals surface area contributed by atoms with E-state index in [2.05, 4.69) is 38.0 Å². The maximum atomic E-state index is 11.1. The molecule has 3 rings (SSSR count). The van der Waals surface area contributed by atoms with Gasteiger partial charge in [-0.3, -0.25) is 14.7 Å². The molecule has 6 nitrogen and oxygen atoms in total. The van der Waals surface area contributed by atoms with Gasteiger partial charge in [0, 0.05) is 43.0 Å². The van der Waals surface area contributed by atoms with Crippen LogP contribution in [0.5, 0.6) is 0 Å². The lowest BCUT2D eigenvalue weighted by Crippen LogP contribution is -2.52. The van der Waals surface area contributed by atoms with Crippen molar-refractivity contribution in [1.29, 1.82) is 0 Å². The van der Waals surface area contributed by atoms with Crippen molar-refractivity contribution < 1.29 is 4.79 Å². The Morgan fingerprint density at radius 2 is 2.07 bits per heavy atom. The molecule has 2 heterocycles. The molecule has 1 aliphatic heterocycles. The van der Waals surface area contributed by atoms with Gasteiger partial charge in [-0.15, -0.1) is 11.3 Å². The molecule has 2 fully saturated rings. The molecule has 0 spiro atoms. The SMILES string of the molecule is CN=C(NCC1(c2cccs2)CCCCC1)NC1CCN(CC(N)=O)CC1. The van der Waals surface area contributed by atoms with E-state index in [0.717, 1.165) is 38.4 Å². The summed E-state index contributed by atoms with van der Waals surface area (Å²) in [6, 6.07) is 4.86. The summed E-state index contributed by atoms with van der Waals surface area (Å²) in [6.45, 7) is 3.10. The molecule has 1 saturated carbocycles. The largest absolute Gasteiger partial charge is 0.369 e. The van der Waals surface area contributed by atoms with Crippen LogP contribution in [0.1, 0.15) is 49.8 Å². The topological polar surface area (TPSA) is 82.8 Å². The van der Waals surface area contributed by atoms with Crippen LogP contribution in [-0.4, -0.2) is 56.0 Å². The standard InChI is InChI=1S/C20H33N5OS/c1-22-19(24-16-7-11-25(12-8-16)14-18(21)26)23-15-20(9-3-2-4-10-20)17-6-5-13-27-17/h5-6,13,16H,2-4,7-12,14-15H2,1H3,(H2,21,26)(H2,22,23,24). The monoisotopic (exact) mass is 391 g/mol. The molecule has 0 aromatic carbocycles. The first-order chi connectivity index (χ1) is 13.1. The number of likely N-dealkylation sites (tertiary alicyclic amines) is 1. The van der Waals surface area contributed by atoms with Gasteiger partial charge < -0.3 is 16.4 Å². The molecular formula is C20H33N5OS. The van der Waals surface area contributed by atoms with Crippen molar-refractivity contribution in [3.05, 3.63) is 22.4 Å². The fourth-order valence-electron chi connectivity index (χ4n) is 4.42. The Kier molecular flexibility index (Phi) is 7.13. The van der Waals surface area contributed by atoms with Gasteiger partial charge in [0.2, 0.25) is 5.91 Å². The Hall–Kier alpha value is -1.60. The van der Waals surface area contributed by atoms with Crippen molar-refractivity contribution in [2.24, 2.45) is 10.7 Å². The Labute approximate surface area is 166 Å². The third kappa shape index (κ3) is 5.45. The van der Waals surface area contributed by atoms with Gasteiger partial charge in [0.25, 0.3) is 0 Å². The number of guanidine groups is 1. The summed E-state index contributed by atoms with van der Waals surface area (Å²) in [7, 11) is 1.84. The molecule has 1 aromatic heterocycles. The van der Waals surface area contributed by atoms with E-state index < -0.39 is 0 Å². The maximum absolute atomic E-state index is 11.1. The molecule has 150 valence electrons. The number of rotatable bonds is 6. The Morgan fingerprint density at radius 3 is 2.67 bits per heavy atom. The van der Waals surface area contributed by atoms with Crippen LogP contribution in [-0.2, 0) is 10.2 Å². The molecule has 1 aromatic rings. The van der Waals surface area contributed by atoms with E-state index in [-0.39, 0.29) is 11.3 Å². The lowest BCUT2D eigenvalue weighted by Gasteiger charge is -2.38. The van der Waals surface area contributed by atoms with Gasteiger partial charge in [-0.05, 0) is 37.1 Å². The first kappa shape index (κ1) is 20.1. The van der Waals surface area contributed by atoms with E-state index in [1.165, 1.54) is 37.0 Å². The Bertz CT molecular complexity index is 616. The molecule has 2 aliphatic rings. The van der Waals surface area contributed by atoms with Crippen LogP contribution in [0.4, 0.5) is 0 Å². The van der Waals surface area contributed by atoms with Crippen LogP contribution in [0.2, 0.25) is 0 Å². The highest BCUT2D eigenvalue weighted by Crippen LogP contribution is 2.41. The van der Waals surface area contributed by atoms with Crippen LogP contribution in [0.3, 0.4) is 0 Å². The highest BCUT2D eigenvalue weighted by atomic mass is 32.1. The first-order valence-corrected chi connectivity index (χ1v) is 11.0. The number of nitrogens with one attached hydrogen (secondary N) is 2. The number of hydrogen-bond acceptors (Lipinski definition) is 4. The number of carbonyl (C=O) groups excluding carboxylic acids is 1. The number of primary amides is 1. The van der Waals surface area contributed by atoms with Crippen molar-refractivity contribution in [3.63, 3.8) is 0 Å². The summed E-state index contributed by atoms with van der Waals surface area (Å²) in [6.07, 6.45) is 8.48. The maximum Gasteiger partial charge on any atom is 0.231 e. The third-order valence-electron chi connectivity index (χ3n) is 5.98. The van der Waals surface area contributed by atoms with Crippen LogP contribution < -0.4 is 16.4 Å². The molecule has 0 radical (unpaired) electrons. The average Bonchev–Trinajstić information content (AvgIpc) is 3.22. The quantitative estimate of drug-likeness (QED) is 0.512. The fraction of sp³-hybridized carbons (Fsp3) is 0.700. The normalized spacial score (nSPS) is 21.7. The lowest BCUT2D eigenvalue weighted by molar-refractivity contribution is -0.119. The minimum absolute atomic E-state index is 0.245. The number of aliphatic imine (C=N–C) groups is 1. The van der Waals surface area contributed by atoms with Crippen molar-refractivity contribution >= 4 is 23.2 Å². The molecule has 4 N–H and O–H groups in total. The number of hydrogen-bond donors (Lipinski definition) is 3. The summed E-state index contributed by atoms with van der Waals surface area (Å²) in [4.78, 5) is 19.2. The molecule has 27 heavy (non-hydrogen) atoms. The molecule has 7 heteroatoms. The van der Waals surface area contributed by atoms with E-state index in [0.29, 0.717) is 12.6 Å². The zero-order valence-corrected chi connectivity index (χ0v) is 17.2. The average molecular weight is 392 g/mol. The lowest BCUT2D eigenvalue weighted by atomic mass is 9.73. The Morgan fingerprint density at radius 1 is 1.33 bits per heavy atom. The summed E-state index contributed by atoms with van der Waals surface area (Å²) in [5.41, 5.74) is 5.54. The highest BCUT2D eigenvalue weighted by Gasteiger charge is 2.35. The molecule has 1 aliphatic carbocycles. The number of thiophene rings is 1. The minimum atomic E-state index is -0.245. The second-order valence-corrected chi connectivity index (χ2v) is 8.85. The molecule has 1 amide bonds. The molecule has 1 saturated heterocycles. The predicted octanol–water partition coefficient (Wildman–Crippen LogP) is 2.06. The van der Waals surface area contributed by atoms with Gasteiger partial charge in [0.05, 0.1) is 6.54 Å². The predicted molar refractivity (Wildman–Crippen MR) is 112 cm³/mol. The smallest absolute Gasteiger partial charge is 0.231 e. The van der Waals surface area contributed by atoms with E-state index in [1.807, 2.05) is 18.4 Å². The zero-order chi connectivity index (χ0) is 19.1. The zero-order valence-electron chi connectivity index (χ0n) is 16.4. The summed E-state index contributed by atoms with van der Waals surface area (Å²) in [5.74, 6) is 0.648. The first-order valence-electron chi connectivity index (χ1n) is 10.1. The number of nitrogens with two attached hydrogens (primary N) is 1. The Balaban J connectivity index is 1.52. The van der Waals surface area contributed by atoms with Gasteiger partial charge in [0.1, 0.15) is 0 Å². The van der Waals surface area contributed by atoms with Crippen LogP contribution in [0.15, 0.2) is 22.5 Å². The number of carbonyl (C=O) groups is 1. The summed E-state index contributed by atoms with van der Waals surface area (Å²) >= 11 is 1.88. The fourth-order valence-corrected chi connectivity index (χ4v) is 5.40. The number of piperidine rings is 1. The number of amides is 1. The van der Waals surface area contributed by atoms with Crippen molar-refractivity contribution in [2.75, 3.05) is 33.2 Å². The van der Waals surface area contributed by atoms with E-state index in [9.17, 15) is 4.79 Å². The van der Waals surface area contributed by atoms with Gasteiger partial charge in [-0.1, -0.05) is 25.3 Å². The van der Waals surface area contributed by atoms with E-state index >= 15 is 0 Å². The second-order valence-electron chi connectivity index (χ2n) is 7.91. The van der Waals surface area contributed by atoms with Gasteiger partial charge in [-0.2, -0.15) is 0 Å². The van der Waals surface area contributed by atoms with Crippen molar-refractivity contribution in [2.45, 2.75) is 56.4 Å². The van der Waals surface area contributed by atoms with Crippen LogP contribution in [0, 0.1) is 0 Å². The van der Waals surface area contributed by atoms with E-state index in [1.54, 1.807) is 0 Å². The van der Waals surface area contributed by atoms with Crippen LogP contribution >= 0.6 is 11.3 Å². The molecule has 0 unspecified atom stereocenters. The highest BCUT2D eigenvalue weighted by molar-refractivity contribution is 7.10. The van der Waals surface area contributed by atoms with Crippen LogP contribution in [0.25, 0.3) is 0 Å². The van der Waals surface area contributed by atoms with Crippen molar-refractivity contribution in [1.82, 2.24) is 15.5 Å². The summed E-state index contributed by atoms with van der Waals surface area (Å²) < 4.78 is 0. The van der Waals surface area contributed by atoms with Gasteiger partial charge in [0.15, 0.2) is 5.96 Å². The molecule has 0 bridgehead atoms. The van der Waals surface area contributed by atoms with E-state index in [4.69, 9.17) is 5.73 Å².